The van der Waals surface area contributed by atoms with E-state index in [1.165, 1.54) is 56.4 Å². The summed E-state index contributed by atoms with van der Waals surface area (Å²) in [6, 6.07) is 10.8. The summed E-state index contributed by atoms with van der Waals surface area (Å²) in [7, 11) is 2.00. The molecule has 1 fully saturated rings. The highest BCUT2D eigenvalue weighted by molar-refractivity contribution is 5.15. The van der Waals surface area contributed by atoms with Crippen molar-refractivity contribution in [2.45, 2.75) is 31.6 Å². The Morgan fingerprint density at radius 3 is 2.57 bits per heavy atom. The molecule has 3 rings (SSSR count). The summed E-state index contributed by atoms with van der Waals surface area (Å²) in [5.74, 6) is 0.712. The van der Waals surface area contributed by atoms with Gasteiger partial charge in [-0.2, -0.15) is 5.10 Å². The van der Waals surface area contributed by atoms with Gasteiger partial charge in [-0.25, -0.2) is 0 Å². The van der Waals surface area contributed by atoms with Crippen molar-refractivity contribution in [1.29, 1.82) is 0 Å². The van der Waals surface area contributed by atoms with Gasteiger partial charge < -0.3 is 4.90 Å². The van der Waals surface area contributed by atoms with Crippen LogP contribution in [0.1, 0.15) is 36.3 Å². The van der Waals surface area contributed by atoms with Crippen molar-refractivity contribution in [2.24, 2.45) is 7.05 Å². The molecular weight excluding hydrogens is 258 g/mol. The van der Waals surface area contributed by atoms with Crippen molar-refractivity contribution in [2.75, 3.05) is 19.6 Å². The van der Waals surface area contributed by atoms with Crippen LogP contribution in [0.25, 0.3) is 0 Å². The maximum atomic E-state index is 4.30. The third-order valence-electron chi connectivity index (χ3n) is 4.57. The van der Waals surface area contributed by atoms with Crippen molar-refractivity contribution >= 4 is 0 Å². The maximum absolute atomic E-state index is 4.30. The zero-order valence-corrected chi connectivity index (χ0v) is 12.9. The number of rotatable bonds is 5. The first kappa shape index (κ1) is 14.3. The molecule has 0 N–H and O–H groups in total. The molecule has 0 bridgehead atoms. The fourth-order valence-corrected chi connectivity index (χ4v) is 3.29. The van der Waals surface area contributed by atoms with Gasteiger partial charge in [0.15, 0.2) is 0 Å². The van der Waals surface area contributed by atoms with Crippen molar-refractivity contribution in [3.63, 3.8) is 0 Å². The van der Waals surface area contributed by atoms with E-state index in [4.69, 9.17) is 0 Å². The second-order valence-corrected chi connectivity index (χ2v) is 6.15. The highest BCUT2D eigenvalue weighted by atomic mass is 15.2. The number of hydrogen-bond acceptors (Lipinski definition) is 2. The molecule has 112 valence electrons. The summed E-state index contributed by atoms with van der Waals surface area (Å²) in [5.41, 5.74) is 2.88. The van der Waals surface area contributed by atoms with E-state index in [-0.39, 0.29) is 0 Å². The molecule has 3 nitrogen and oxygen atoms in total. The smallest absolute Gasteiger partial charge is 0.0524 e. The molecule has 1 aromatic carbocycles. The van der Waals surface area contributed by atoms with E-state index in [0.29, 0.717) is 5.92 Å². The summed E-state index contributed by atoms with van der Waals surface area (Å²) >= 11 is 0. The SMILES string of the molecule is Cn1cc(C2CCN(CCCc3ccccc3)CC2)cn1. The minimum absolute atomic E-state index is 0.712. The lowest BCUT2D eigenvalue weighted by Gasteiger charge is -2.31. The Balaban J connectivity index is 1.40. The standard InChI is InChI=1S/C18H25N3/c1-20-15-18(14-19-20)17-9-12-21(13-10-17)11-5-8-16-6-3-2-4-7-16/h2-4,6-7,14-15,17H,5,8-13H2,1H3. The molecule has 0 amide bonds. The van der Waals surface area contributed by atoms with Crippen LogP contribution >= 0.6 is 0 Å². The summed E-state index contributed by atoms with van der Waals surface area (Å²) in [6.07, 6.45) is 9.23. The monoisotopic (exact) mass is 283 g/mol. The van der Waals surface area contributed by atoms with Crippen LogP contribution in [-0.2, 0) is 13.5 Å². The molecular formula is C18H25N3. The molecule has 0 aliphatic carbocycles. The van der Waals surface area contributed by atoms with Gasteiger partial charge in [0.05, 0.1) is 6.20 Å². The molecule has 1 aliphatic rings. The van der Waals surface area contributed by atoms with Gasteiger partial charge in [-0.05, 0) is 62.4 Å². The van der Waals surface area contributed by atoms with Crippen LogP contribution in [0.15, 0.2) is 42.7 Å². The minimum atomic E-state index is 0.712. The Hall–Kier alpha value is -1.61. The quantitative estimate of drug-likeness (QED) is 0.840. The van der Waals surface area contributed by atoms with Crippen LogP contribution in [0.4, 0.5) is 0 Å². The number of aromatic nitrogens is 2. The molecule has 1 aromatic heterocycles. The molecule has 2 heterocycles. The second kappa shape index (κ2) is 6.90. The first-order valence-electron chi connectivity index (χ1n) is 8.06. The highest BCUT2D eigenvalue weighted by Gasteiger charge is 2.21. The molecule has 3 heteroatoms. The summed E-state index contributed by atoms with van der Waals surface area (Å²) < 4.78 is 1.92. The summed E-state index contributed by atoms with van der Waals surface area (Å²) in [5, 5.41) is 4.30. The minimum Gasteiger partial charge on any atom is -0.303 e. The molecule has 0 atom stereocenters. The number of benzene rings is 1. The Kier molecular flexibility index (Phi) is 4.71. The summed E-state index contributed by atoms with van der Waals surface area (Å²) in [6.45, 7) is 3.69. The van der Waals surface area contributed by atoms with Crippen LogP contribution in [0.3, 0.4) is 0 Å². The van der Waals surface area contributed by atoms with E-state index in [0.717, 1.165) is 0 Å². The topological polar surface area (TPSA) is 21.1 Å². The van der Waals surface area contributed by atoms with E-state index in [1.807, 2.05) is 17.9 Å². The molecule has 1 saturated heterocycles. The number of nitrogens with zero attached hydrogens (tertiary/aromatic N) is 3. The molecule has 0 spiro atoms. The number of hydrogen-bond donors (Lipinski definition) is 0. The third kappa shape index (κ3) is 3.94. The van der Waals surface area contributed by atoms with Crippen molar-refractivity contribution in [3.8, 4) is 0 Å². The lowest BCUT2D eigenvalue weighted by Crippen LogP contribution is -2.33. The maximum Gasteiger partial charge on any atom is 0.0524 e. The van der Waals surface area contributed by atoms with Crippen molar-refractivity contribution in [1.82, 2.24) is 14.7 Å². The number of likely N-dealkylation sites (tertiary alicyclic amines) is 1. The second-order valence-electron chi connectivity index (χ2n) is 6.15. The van der Waals surface area contributed by atoms with Gasteiger partial charge in [0.25, 0.3) is 0 Å². The number of piperidine rings is 1. The molecule has 0 unspecified atom stereocenters. The molecule has 0 saturated carbocycles. The molecule has 21 heavy (non-hydrogen) atoms. The van der Waals surface area contributed by atoms with Crippen molar-refractivity contribution in [3.05, 3.63) is 53.9 Å². The fraction of sp³-hybridized carbons (Fsp3) is 0.500. The first-order valence-corrected chi connectivity index (χ1v) is 8.06. The Labute approximate surface area is 127 Å². The molecule has 0 radical (unpaired) electrons. The van der Waals surface area contributed by atoms with Gasteiger partial charge in [0.2, 0.25) is 0 Å². The first-order chi connectivity index (χ1) is 10.3. The lowest BCUT2D eigenvalue weighted by atomic mass is 9.91. The van der Waals surface area contributed by atoms with E-state index in [1.54, 1.807) is 0 Å². The van der Waals surface area contributed by atoms with Crippen LogP contribution in [-0.4, -0.2) is 34.3 Å². The van der Waals surface area contributed by atoms with Gasteiger partial charge in [-0.1, -0.05) is 30.3 Å². The van der Waals surface area contributed by atoms with E-state index >= 15 is 0 Å². The van der Waals surface area contributed by atoms with Gasteiger partial charge in [0, 0.05) is 13.2 Å². The van der Waals surface area contributed by atoms with Gasteiger partial charge in [-0.3, -0.25) is 4.68 Å². The Bertz CT molecular complexity index is 539. The predicted octanol–water partition coefficient (Wildman–Crippen LogP) is 3.23. The van der Waals surface area contributed by atoms with Gasteiger partial charge >= 0.3 is 0 Å². The number of aryl methyl sites for hydroxylation is 2. The summed E-state index contributed by atoms with van der Waals surface area (Å²) in [4.78, 5) is 2.62. The van der Waals surface area contributed by atoms with E-state index in [9.17, 15) is 0 Å². The van der Waals surface area contributed by atoms with E-state index in [2.05, 4.69) is 46.5 Å². The van der Waals surface area contributed by atoms with Crippen molar-refractivity contribution < 1.29 is 0 Å². The zero-order chi connectivity index (χ0) is 14.5. The van der Waals surface area contributed by atoms with Gasteiger partial charge in [0.1, 0.15) is 0 Å². The van der Waals surface area contributed by atoms with Crippen LogP contribution in [0.5, 0.6) is 0 Å². The average molecular weight is 283 g/mol. The van der Waals surface area contributed by atoms with Crippen LogP contribution < -0.4 is 0 Å². The Morgan fingerprint density at radius 1 is 1.14 bits per heavy atom. The fourth-order valence-electron chi connectivity index (χ4n) is 3.29. The third-order valence-corrected chi connectivity index (χ3v) is 4.57. The normalized spacial score (nSPS) is 17.2. The largest absolute Gasteiger partial charge is 0.303 e. The highest BCUT2D eigenvalue weighted by Crippen LogP contribution is 2.27. The molecule has 1 aliphatic heterocycles. The van der Waals surface area contributed by atoms with Crippen LogP contribution in [0.2, 0.25) is 0 Å². The van der Waals surface area contributed by atoms with E-state index < -0.39 is 0 Å². The van der Waals surface area contributed by atoms with Gasteiger partial charge in [-0.15, -0.1) is 0 Å². The lowest BCUT2D eigenvalue weighted by molar-refractivity contribution is 0.210. The van der Waals surface area contributed by atoms with Crippen LogP contribution in [0, 0.1) is 0 Å². The predicted molar refractivity (Wildman–Crippen MR) is 86.4 cm³/mol. The average Bonchev–Trinajstić information content (AvgIpc) is 2.96. The Morgan fingerprint density at radius 2 is 1.90 bits per heavy atom. The zero-order valence-electron chi connectivity index (χ0n) is 12.9. The molecule has 2 aromatic rings.